The summed E-state index contributed by atoms with van der Waals surface area (Å²) < 4.78 is 4.86. The zero-order chi connectivity index (χ0) is 36.8. The molecule has 2 amide bonds. The molecule has 278 valence electrons. The Labute approximate surface area is 315 Å². The minimum Gasteiger partial charge on any atom is -0.465 e. The Morgan fingerprint density at radius 3 is 2.04 bits per heavy atom. The van der Waals surface area contributed by atoms with Crippen LogP contribution in [0.4, 0.5) is 0 Å². The van der Waals surface area contributed by atoms with E-state index in [9.17, 15) is 14.4 Å². The van der Waals surface area contributed by atoms with Gasteiger partial charge in [-0.15, -0.1) is 0 Å². The molecule has 0 saturated carbocycles. The lowest BCUT2D eigenvalue weighted by Gasteiger charge is -2.32. The van der Waals surface area contributed by atoms with E-state index in [0.717, 1.165) is 78.4 Å². The highest BCUT2D eigenvalue weighted by Crippen LogP contribution is 2.28. The molecule has 0 aliphatic carbocycles. The van der Waals surface area contributed by atoms with Crippen LogP contribution in [0, 0.1) is 11.8 Å². The topological polar surface area (TPSA) is 79.0 Å². The first-order valence-electron chi connectivity index (χ1n) is 19.6. The highest BCUT2D eigenvalue weighted by Gasteiger charge is 2.24. The zero-order valence-corrected chi connectivity index (χ0v) is 31.3. The molecule has 4 aromatic carbocycles. The molecule has 1 N–H and O–H groups in total. The van der Waals surface area contributed by atoms with Crippen LogP contribution >= 0.6 is 0 Å². The second-order valence-electron chi connectivity index (χ2n) is 14.9. The van der Waals surface area contributed by atoms with Gasteiger partial charge in [0.2, 0.25) is 5.91 Å². The number of nitrogens with zero attached hydrogens (tertiary/aromatic N) is 2. The van der Waals surface area contributed by atoms with E-state index < -0.39 is 0 Å². The van der Waals surface area contributed by atoms with Crippen LogP contribution in [-0.2, 0) is 29.0 Å². The molecular weight excluding hydrogens is 659 g/mol. The van der Waals surface area contributed by atoms with E-state index in [1.807, 2.05) is 64.4 Å². The highest BCUT2D eigenvalue weighted by atomic mass is 16.5. The van der Waals surface area contributed by atoms with Gasteiger partial charge in [0.15, 0.2) is 0 Å². The standard InChI is InChI=1S/C46H55N3O4/c1-53-46(52)40-21-19-38(20-22-40)33-49(44(50)18-7-13-35-9-3-2-4-10-35)34-39-14-6-15-41(31-39)42-16-8-17-43(32-42)45(51)48-29-25-37(26-30-48)12-5-11-36-23-27-47-28-24-36/h2-4,6,8-10,14-17,19-22,31-32,36-37,47H,5,7,11-13,18,23-30,33-34H2,1H3. The summed E-state index contributed by atoms with van der Waals surface area (Å²) in [5.74, 6) is 1.43. The number of aryl methyl sites for hydroxylation is 1. The Balaban J connectivity index is 1.08. The molecule has 0 spiro atoms. The van der Waals surface area contributed by atoms with E-state index >= 15 is 0 Å². The number of piperidine rings is 2. The van der Waals surface area contributed by atoms with E-state index in [1.165, 1.54) is 57.9 Å². The van der Waals surface area contributed by atoms with Crippen molar-refractivity contribution in [1.82, 2.24) is 15.1 Å². The van der Waals surface area contributed by atoms with Gasteiger partial charge >= 0.3 is 5.97 Å². The van der Waals surface area contributed by atoms with Crippen molar-refractivity contribution in [1.29, 1.82) is 0 Å². The molecule has 2 heterocycles. The van der Waals surface area contributed by atoms with Crippen molar-refractivity contribution in [3.63, 3.8) is 0 Å². The minimum absolute atomic E-state index is 0.0847. The van der Waals surface area contributed by atoms with Gasteiger partial charge in [-0.25, -0.2) is 4.79 Å². The van der Waals surface area contributed by atoms with Gasteiger partial charge in [-0.2, -0.15) is 0 Å². The van der Waals surface area contributed by atoms with Crippen molar-refractivity contribution in [3.05, 3.63) is 131 Å². The predicted octanol–water partition coefficient (Wildman–Crippen LogP) is 8.71. The van der Waals surface area contributed by atoms with Crippen molar-refractivity contribution in [2.75, 3.05) is 33.3 Å². The third kappa shape index (κ3) is 11.1. The van der Waals surface area contributed by atoms with Crippen molar-refractivity contribution < 1.29 is 19.1 Å². The number of hydrogen-bond donors (Lipinski definition) is 1. The summed E-state index contributed by atoms with van der Waals surface area (Å²) in [6.45, 7) is 4.88. The van der Waals surface area contributed by atoms with Gasteiger partial charge < -0.3 is 19.9 Å². The molecule has 0 radical (unpaired) electrons. The lowest BCUT2D eigenvalue weighted by atomic mass is 9.87. The lowest BCUT2D eigenvalue weighted by molar-refractivity contribution is -0.132. The number of amides is 2. The van der Waals surface area contributed by atoms with Crippen LogP contribution in [0.1, 0.15) is 95.2 Å². The fourth-order valence-electron chi connectivity index (χ4n) is 7.94. The molecule has 0 atom stereocenters. The second-order valence-corrected chi connectivity index (χ2v) is 14.9. The number of methoxy groups -OCH3 is 1. The van der Waals surface area contributed by atoms with Gasteiger partial charge in [0, 0.05) is 38.2 Å². The van der Waals surface area contributed by atoms with E-state index in [-0.39, 0.29) is 17.8 Å². The van der Waals surface area contributed by atoms with Crippen molar-refractivity contribution in [2.24, 2.45) is 11.8 Å². The maximum Gasteiger partial charge on any atom is 0.337 e. The normalized spacial score (nSPS) is 15.2. The van der Waals surface area contributed by atoms with Crippen LogP contribution in [-0.4, -0.2) is 60.9 Å². The first kappa shape index (κ1) is 38.0. The number of benzene rings is 4. The largest absolute Gasteiger partial charge is 0.465 e. The van der Waals surface area contributed by atoms with E-state index in [0.29, 0.717) is 25.1 Å². The second kappa shape index (κ2) is 19.4. The van der Waals surface area contributed by atoms with Gasteiger partial charge in [-0.1, -0.05) is 92.1 Å². The maximum absolute atomic E-state index is 13.7. The number of carbonyl (C=O) groups is 3. The Bertz CT molecular complexity index is 1780. The van der Waals surface area contributed by atoms with E-state index in [1.54, 1.807) is 12.1 Å². The molecule has 2 saturated heterocycles. The van der Waals surface area contributed by atoms with E-state index in [4.69, 9.17) is 4.74 Å². The van der Waals surface area contributed by atoms with Crippen molar-refractivity contribution >= 4 is 17.8 Å². The van der Waals surface area contributed by atoms with Gasteiger partial charge in [-0.05, 0) is 122 Å². The minimum atomic E-state index is -0.383. The predicted molar refractivity (Wildman–Crippen MR) is 211 cm³/mol. The van der Waals surface area contributed by atoms with Gasteiger partial charge in [0.05, 0.1) is 12.7 Å². The van der Waals surface area contributed by atoms with Crippen molar-refractivity contribution in [3.8, 4) is 11.1 Å². The molecule has 4 aromatic rings. The third-order valence-electron chi connectivity index (χ3n) is 11.1. The number of nitrogens with one attached hydrogen (secondary N) is 1. The van der Waals surface area contributed by atoms with Gasteiger partial charge in [0.25, 0.3) is 5.91 Å². The number of ether oxygens (including phenoxy) is 1. The van der Waals surface area contributed by atoms with Crippen LogP contribution in [0.5, 0.6) is 0 Å². The molecule has 7 nitrogen and oxygen atoms in total. The molecule has 2 aliphatic heterocycles. The van der Waals surface area contributed by atoms with E-state index in [2.05, 4.69) is 41.7 Å². The Morgan fingerprint density at radius 2 is 1.32 bits per heavy atom. The van der Waals surface area contributed by atoms with Crippen LogP contribution in [0.2, 0.25) is 0 Å². The molecule has 6 rings (SSSR count). The van der Waals surface area contributed by atoms with Crippen LogP contribution in [0.25, 0.3) is 11.1 Å². The van der Waals surface area contributed by atoms with Gasteiger partial charge in [-0.3, -0.25) is 9.59 Å². The van der Waals surface area contributed by atoms with Gasteiger partial charge in [0.1, 0.15) is 0 Å². The molecular formula is C46H55N3O4. The number of hydrogen-bond acceptors (Lipinski definition) is 5. The molecule has 0 aromatic heterocycles. The fourth-order valence-corrected chi connectivity index (χ4v) is 7.94. The summed E-state index contributed by atoms with van der Waals surface area (Å²) >= 11 is 0. The Morgan fingerprint density at radius 1 is 0.679 bits per heavy atom. The SMILES string of the molecule is COC(=O)c1ccc(CN(Cc2cccc(-c3cccc(C(=O)N4CCC(CCCC5CCNCC5)CC4)c3)c2)C(=O)CCCc2ccccc2)cc1. The lowest BCUT2D eigenvalue weighted by Crippen LogP contribution is -2.38. The summed E-state index contributed by atoms with van der Waals surface area (Å²) in [5, 5.41) is 3.47. The van der Waals surface area contributed by atoms with Crippen LogP contribution in [0.3, 0.4) is 0 Å². The monoisotopic (exact) mass is 713 g/mol. The quantitative estimate of drug-likeness (QED) is 0.125. The first-order chi connectivity index (χ1) is 25.9. The molecule has 53 heavy (non-hydrogen) atoms. The average molecular weight is 714 g/mol. The summed E-state index contributed by atoms with van der Waals surface area (Å²) in [7, 11) is 1.37. The number of carbonyl (C=O) groups excluding carboxylic acids is 3. The smallest absolute Gasteiger partial charge is 0.337 e. The van der Waals surface area contributed by atoms with Crippen LogP contribution < -0.4 is 5.32 Å². The molecule has 0 unspecified atom stereocenters. The summed E-state index contributed by atoms with van der Waals surface area (Å²) in [5.41, 5.74) is 6.40. The summed E-state index contributed by atoms with van der Waals surface area (Å²) in [4.78, 5) is 43.3. The third-order valence-corrected chi connectivity index (χ3v) is 11.1. The number of rotatable bonds is 15. The average Bonchev–Trinajstić information content (AvgIpc) is 3.21. The maximum atomic E-state index is 13.7. The summed E-state index contributed by atoms with van der Waals surface area (Å²) in [6.07, 6.45) is 10.8. The van der Waals surface area contributed by atoms with Crippen LogP contribution in [0.15, 0.2) is 103 Å². The Hall–Kier alpha value is -4.75. The number of esters is 1. The molecule has 2 fully saturated rings. The fraction of sp³-hybridized carbons (Fsp3) is 0.413. The highest BCUT2D eigenvalue weighted by molar-refractivity contribution is 5.95. The molecule has 7 heteroatoms. The Kier molecular flexibility index (Phi) is 13.9. The van der Waals surface area contributed by atoms with Crippen molar-refractivity contribution in [2.45, 2.75) is 77.3 Å². The molecule has 2 aliphatic rings. The molecule has 0 bridgehead atoms. The number of likely N-dealkylation sites (tertiary alicyclic amines) is 1. The summed E-state index contributed by atoms with van der Waals surface area (Å²) in [6, 6.07) is 33.8. The zero-order valence-electron chi connectivity index (χ0n) is 31.3. The first-order valence-corrected chi connectivity index (χ1v) is 19.6.